The monoisotopic (exact) mass is 453 g/mol. The molecule has 0 unspecified atom stereocenters. The van der Waals surface area contributed by atoms with Gasteiger partial charge in [0.25, 0.3) is 0 Å². The highest BCUT2D eigenvalue weighted by atomic mass is 32.1. The van der Waals surface area contributed by atoms with E-state index in [1.807, 2.05) is 30.3 Å². The summed E-state index contributed by atoms with van der Waals surface area (Å²) in [6.07, 6.45) is 1.59. The van der Waals surface area contributed by atoms with Crippen LogP contribution in [0.5, 0.6) is 17.2 Å². The molecule has 0 bridgehead atoms. The quantitative estimate of drug-likeness (QED) is 0.567. The van der Waals surface area contributed by atoms with Gasteiger partial charge in [0.2, 0.25) is 0 Å². The predicted molar refractivity (Wildman–Crippen MR) is 129 cm³/mol. The molecule has 0 atom stereocenters. The average molecular weight is 454 g/mol. The molecular formula is C23H27N5O3S. The van der Waals surface area contributed by atoms with Crippen molar-refractivity contribution in [3.8, 4) is 17.2 Å². The van der Waals surface area contributed by atoms with E-state index in [0.29, 0.717) is 18.0 Å². The van der Waals surface area contributed by atoms with Gasteiger partial charge in [-0.2, -0.15) is 0 Å². The fourth-order valence-corrected chi connectivity index (χ4v) is 4.07. The van der Waals surface area contributed by atoms with Crippen LogP contribution in [0.15, 0.2) is 42.7 Å². The van der Waals surface area contributed by atoms with Gasteiger partial charge in [0.15, 0.2) is 16.6 Å². The molecule has 0 amide bonds. The molecule has 9 heteroatoms. The van der Waals surface area contributed by atoms with Crippen molar-refractivity contribution in [2.24, 2.45) is 0 Å². The second kappa shape index (κ2) is 9.86. The number of ether oxygens (including phenoxy) is 3. The largest absolute Gasteiger partial charge is 0.497 e. The first kappa shape index (κ1) is 21.9. The van der Waals surface area contributed by atoms with Crippen LogP contribution in [0.3, 0.4) is 0 Å². The molecule has 4 rings (SSSR count). The lowest BCUT2D eigenvalue weighted by Gasteiger charge is -2.37. The van der Waals surface area contributed by atoms with Gasteiger partial charge >= 0.3 is 0 Å². The highest BCUT2D eigenvalue weighted by Crippen LogP contribution is 2.34. The molecule has 1 saturated heterocycles. The van der Waals surface area contributed by atoms with Gasteiger partial charge in [0.05, 0.1) is 26.8 Å². The minimum absolute atomic E-state index is 0.655. The maximum atomic E-state index is 5.64. The number of hydrogen-bond donors (Lipinski definition) is 1. The summed E-state index contributed by atoms with van der Waals surface area (Å²) in [5.41, 5.74) is 1.95. The second-order valence-corrected chi connectivity index (χ2v) is 7.79. The fourth-order valence-electron chi connectivity index (χ4n) is 3.81. The first-order chi connectivity index (χ1) is 15.6. The molecule has 1 aliphatic rings. The molecule has 2 aromatic carbocycles. The third kappa shape index (κ3) is 4.62. The zero-order valence-electron chi connectivity index (χ0n) is 18.5. The van der Waals surface area contributed by atoms with Crippen molar-refractivity contribution in [1.82, 2.24) is 20.2 Å². The number of aromatic nitrogens is 2. The first-order valence-corrected chi connectivity index (χ1v) is 10.8. The van der Waals surface area contributed by atoms with Crippen LogP contribution in [-0.2, 0) is 6.54 Å². The van der Waals surface area contributed by atoms with E-state index in [1.165, 1.54) is 0 Å². The Hall–Kier alpha value is -3.33. The molecule has 8 nitrogen and oxygen atoms in total. The average Bonchev–Trinajstić information content (AvgIpc) is 2.86. The number of nitrogens with one attached hydrogen (secondary N) is 1. The van der Waals surface area contributed by atoms with Crippen molar-refractivity contribution in [3.63, 3.8) is 0 Å². The maximum absolute atomic E-state index is 5.64. The third-order valence-electron chi connectivity index (χ3n) is 5.56. The van der Waals surface area contributed by atoms with Gasteiger partial charge < -0.3 is 29.3 Å². The van der Waals surface area contributed by atoms with Crippen LogP contribution in [0.1, 0.15) is 5.56 Å². The summed E-state index contributed by atoms with van der Waals surface area (Å²) in [7, 11) is 4.92. The number of piperazine rings is 1. The Balaban J connectivity index is 1.41. The van der Waals surface area contributed by atoms with Gasteiger partial charge in [0.1, 0.15) is 17.9 Å². The molecule has 1 aromatic heterocycles. The van der Waals surface area contributed by atoms with E-state index >= 15 is 0 Å². The van der Waals surface area contributed by atoms with E-state index in [-0.39, 0.29) is 0 Å². The molecule has 168 valence electrons. The Morgan fingerprint density at radius 1 is 0.969 bits per heavy atom. The Kier molecular flexibility index (Phi) is 6.75. The van der Waals surface area contributed by atoms with Crippen molar-refractivity contribution < 1.29 is 14.2 Å². The predicted octanol–water partition coefficient (Wildman–Crippen LogP) is 2.85. The lowest BCUT2D eigenvalue weighted by atomic mass is 10.2. The van der Waals surface area contributed by atoms with Gasteiger partial charge in [-0.1, -0.05) is 12.1 Å². The van der Waals surface area contributed by atoms with E-state index < -0.39 is 0 Å². The summed E-state index contributed by atoms with van der Waals surface area (Å²) in [5, 5.41) is 5.06. The highest BCUT2D eigenvalue weighted by Gasteiger charge is 2.22. The number of hydrogen-bond acceptors (Lipinski definition) is 7. The molecular weight excluding hydrogens is 426 g/mol. The zero-order chi connectivity index (χ0) is 22.5. The molecule has 0 saturated carbocycles. The number of nitrogens with zero attached hydrogens (tertiary/aromatic N) is 4. The van der Waals surface area contributed by atoms with Gasteiger partial charge in [-0.25, -0.2) is 9.97 Å². The standard InChI is InChI=1S/C23H27N5O3S/c1-29-17-6-4-5-16(11-17)14-24-23(32)28-9-7-27(8-10-28)22-18-12-20(30-2)21(31-3)13-19(18)25-15-26-22/h4-6,11-13,15H,7-10,14H2,1-3H3,(H,24,32). The maximum Gasteiger partial charge on any atom is 0.169 e. The number of benzene rings is 2. The summed E-state index contributed by atoms with van der Waals surface area (Å²) >= 11 is 5.64. The second-order valence-electron chi connectivity index (χ2n) is 7.41. The Morgan fingerprint density at radius 2 is 1.72 bits per heavy atom. The molecule has 1 aliphatic heterocycles. The minimum atomic E-state index is 0.655. The lowest BCUT2D eigenvalue weighted by Crippen LogP contribution is -2.51. The lowest BCUT2D eigenvalue weighted by molar-refractivity contribution is 0.355. The van der Waals surface area contributed by atoms with E-state index in [2.05, 4.69) is 31.2 Å². The Bertz CT molecular complexity index is 1100. The smallest absolute Gasteiger partial charge is 0.169 e. The SMILES string of the molecule is COc1cccc(CNC(=S)N2CCN(c3ncnc4cc(OC)c(OC)cc34)CC2)c1. The third-order valence-corrected chi connectivity index (χ3v) is 5.97. The highest BCUT2D eigenvalue weighted by molar-refractivity contribution is 7.80. The van der Waals surface area contributed by atoms with Crippen molar-refractivity contribution in [2.45, 2.75) is 6.54 Å². The molecule has 1 fully saturated rings. The van der Waals surface area contributed by atoms with Gasteiger partial charge in [-0.05, 0) is 36.0 Å². The van der Waals surface area contributed by atoms with Crippen LogP contribution in [-0.4, -0.2) is 67.5 Å². The van der Waals surface area contributed by atoms with E-state index in [1.54, 1.807) is 27.7 Å². The summed E-state index contributed by atoms with van der Waals surface area (Å²) in [5.74, 6) is 3.06. The van der Waals surface area contributed by atoms with Gasteiger partial charge in [-0.3, -0.25) is 0 Å². The summed E-state index contributed by atoms with van der Waals surface area (Å²) in [4.78, 5) is 13.4. The Labute approximate surface area is 193 Å². The summed E-state index contributed by atoms with van der Waals surface area (Å²) in [6.45, 7) is 3.89. The van der Waals surface area contributed by atoms with E-state index in [0.717, 1.165) is 59.3 Å². The number of thiocarbonyl (C=S) groups is 1. The van der Waals surface area contributed by atoms with Gasteiger partial charge in [0, 0.05) is 44.2 Å². The van der Waals surface area contributed by atoms with Crippen LogP contribution < -0.4 is 24.4 Å². The van der Waals surface area contributed by atoms with Crippen molar-refractivity contribution in [3.05, 3.63) is 48.3 Å². The molecule has 0 spiro atoms. The van der Waals surface area contributed by atoms with E-state index in [4.69, 9.17) is 26.4 Å². The van der Waals surface area contributed by atoms with Crippen LogP contribution in [0.2, 0.25) is 0 Å². The van der Waals surface area contributed by atoms with Crippen molar-refractivity contribution >= 4 is 34.1 Å². The number of methoxy groups -OCH3 is 3. The number of anilines is 1. The van der Waals surface area contributed by atoms with Gasteiger partial charge in [-0.15, -0.1) is 0 Å². The molecule has 0 radical (unpaired) electrons. The summed E-state index contributed by atoms with van der Waals surface area (Å²) in [6, 6.07) is 11.8. The topological polar surface area (TPSA) is 72.0 Å². The van der Waals surface area contributed by atoms with Crippen LogP contribution in [0, 0.1) is 0 Å². The van der Waals surface area contributed by atoms with E-state index in [9.17, 15) is 0 Å². The molecule has 32 heavy (non-hydrogen) atoms. The Morgan fingerprint density at radius 3 is 2.44 bits per heavy atom. The molecule has 1 N–H and O–H groups in total. The minimum Gasteiger partial charge on any atom is -0.497 e. The normalized spacial score (nSPS) is 13.7. The summed E-state index contributed by atoms with van der Waals surface area (Å²) < 4.78 is 16.2. The zero-order valence-corrected chi connectivity index (χ0v) is 19.3. The van der Waals surface area contributed by atoms with Crippen molar-refractivity contribution in [1.29, 1.82) is 0 Å². The molecule has 0 aliphatic carbocycles. The van der Waals surface area contributed by atoms with Crippen molar-refractivity contribution in [2.75, 3.05) is 52.4 Å². The molecule has 3 aromatic rings. The van der Waals surface area contributed by atoms with Crippen LogP contribution in [0.25, 0.3) is 10.9 Å². The van der Waals surface area contributed by atoms with Crippen LogP contribution in [0.4, 0.5) is 5.82 Å². The van der Waals surface area contributed by atoms with Crippen LogP contribution >= 0.6 is 12.2 Å². The molecule has 2 heterocycles. The number of rotatable bonds is 6. The first-order valence-electron chi connectivity index (χ1n) is 10.4. The fraction of sp³-hybridized carbons (Fsp3) is 0.348. The number of fused-ring (bicyclic) bond motifs is 1.